The van der Waals surface area contributed by atoms with E-state index in [2.05, 4.69) is 5.32 Å². The van der Waals surface area contributed by atoms with Gasteiger partial charge in [-0.15, -0.1) is 0 Å². The number of nitrogens with one attached hydrogen (secondary N) is 1. The number of rotatable bonds is 1. The maximum atomic E-state index is 11.1. The van der Waals surface area contributed by atoms with E-state index in [1.807, 2.05) is 25.1 Å². The van der Waals surface area contributed by atoms with Gasteiger partial charge in [-0.1, -0.05) is 40.9 Å². The Bertz CT molecular complexity index is 855. The molecule has 0 amide bonds. The van der Waals surface area contributed by atoms with Gasteiger partial charge in [0.25, 0.3) is 0 Å². The zero-order valence-corrected chi connectivity index (χ0v) is 14.1. The molecular formula is C17H13Cl2NO4. The van der Waals surface area contributed by atoms with E-state index in [1.165, 1.54) is 0 Å². The normalized spacial score (nSPS) is 23.4. The zero-order chi connectivity index (χ0) is 17.0. The fourth-order valence-corrected chi connectivity index (χ4v) is 4.04. The molecule has 0 radical (unpaired) electrons. The molecule has 5 nitrogen and oxygen atoms in total. The van der Waals surface area contributed by atoms with Gasteiger partial charge in [-0.05, 0) is 25.1 Å². The molecule has 7 heteroatoms. The van der Waals surface area contributed by atoms with Crippen LogP contribution in [0.1, 0.15) is 22.6 Å². The number of fused-ring (bicyclic) bond motifs is 5. The summed E-state index contributed by atoms with van der Waals surface area (Å²) < 4.78 is 11.0. The monoisotopic (exact) mass is 365 g/mol. The number of halogens is 2. The largest absolute Gasteiger partial charge is 0.507 e. The number of ether oxygens (including phenoxy) is 2. The van der Waals surface area contributed by atoms with Gasteiger partial charge < -0.3 is 19.9 Å². The number of carboxylic acid groups (broad SMARTS) is 1. The number of benzene rings is 2. The van der Waals surface area contributed by atoms with E-state index in [9.17, 15) is 4.79 Å². The maximum absolute atomic E-state index is 11.1. The SMILES string of the molecule is Cc1ccc2c(c1)C1c3c(Cl)cc(Cl)cc3NC(OC(=O)O)C1O2. The highest BCUT2D eigenvalue weighted by Crippen LogP contribution is 2.51. The van der Waals surface area contributed by atoms with Gasteiger partial charge in [0.05, 0.1) is 5.92 Å². The molecule has 2 heterocycles. The van der Waals surface area contributed by atoms with E-state index in [1.54, 1.807) is 12.1 Å². The average molecular weight is 366 g/mol. The number of anilines is 1. The van der Waals surface area contributed by atoms with E-state index in [0.717, 1.165) is 16.7 Å². The maximum Gasteiger partial charge on any atom is 0.507 e. The number of aryl methyl sites for hydroxylation is 1. The Morgan fingerprint density at radius 3 is 2.83 bits per heavy atom. The van der Waals surface area contributed by atoms with Crippen LogP contribution in [0.5, 0.6) is 5.75 Å². The van der Waals surface area contributed by atoms with Gasteiger partial charge in [-0.2, -0.15) is 0 Å². The predicted molar refractivity (Wildman–Crippen MR) is 90.4 cm³/mol. The van der Waals surface area contributed by atoms with Crippen LogP contribution in [0.3, 0.4) is 0 Å². The van der Waals surface area contributed by atoms with Crippen LogP contribution < -0.4 is 10.1 Å². The molecule has 0 aromatic heterocycles. The van der Waals surface area contributed by atoms with E-state index in [4.69, 9.17) is 37.8 Å². The Morgan fingerprint density at radius 2 is 2.08 bits per heavy atom. The van der Waals surface area contributed by atoms with Gasteiger partial charge >= 0.3 is 6.16 Å². The van der Waals surface area contributed by atoms with Crippen molar-refractivity contribution >= 4 is 35.0 Å². The highest BCUT2D eigenvalue weighted by atomic mass is 35.5. The van der Waals surface area contributed by atoms with E-state index >= 15 is 0 Å². The van der Waals surface area contributed by atoms with Gasteiger partial charge in [0, 0.05) is 26.9 Å². The second-order valence-electron chi connectivity index (χ2n) is 5.90. The molecule has 0 fully saturated rings. The average Bonchev–Trinajstić information content (AvgIpc) is 2.85. The first-order chi connectivity index (χ1) is 11.4. The first-order valence-corrected chi connectivity index (χ1v) is 8.12. The molecular weight excluding hydrogens is 353 g/mol. The number of carbonyl (C=O) groups is 1. The van der Waals surface area contributed by atoms with Crippen LogP contribution in [0, 0.1) is 6.92 Å². The van der Waals surface area contributed by atoms with E-state index < -0.39 is 18.5 Å². The quantitative estimate of drug-likeness (QED) is 0.720. The highest BCUT2D eigenvalue weighted by Gasteiger charge is 2.47. The van der Waals surface area contributed by atoms with Crippen molar-refractivity contribution in [3.05, 3.63) is 57.1 Å². The summed E-state index contributed by atoms with van der Waals surface area (Å²) in [5.41, 5.74) is 3.53. The lowest BCUT2D eigenvalue weighted by Crippen LogP contribution is -2.46. The minimum atomic E-state index is -1.38. The first-order valence-electron chi connectivity index (χ1n) is 7.36. The second-order valence-corrected chi connectivity index (χ2v) is 6.74. The molecule has 2 N–H and O–H groups in total. The molecule has 0 spiro atoms. The summed E-state index contributed by atoms with van der Waals surface area (Å²) in [6, 6.07) is 9.24. The Balaban J connectivity index is 1.90. The standard InChI is InChI=1S/C17H13Cl2NO4/c1-7-2-3-12-9(4-7)13-14-10(19)5-8(18)6-11(14)20-16(15(13)23-12)24-17(21)22/h2-6,13,15-16,20H,1H3,(H,21,22). The lowest BCUT2D eigenvalue weighted by atomic mass is 9.83. The third-order valence-electron chi connectivity index (χ3n) is 4.32. The molecule has 0 bridgehead atoms. The molecule has 2 aliphatic heterocycles. The van der Waals surface area contributed by atoms with Crippen molar-refractivity contribution in [1.82, 2.24) is 0 Å². The summed E-state index contributed by atoms with van der Waals surface area (Å²) in [6.07, 6.45) is -2.77. The van der Waals surface area contributed by atoms with E-state index in [0.29, 0.717) is 21.5 Å². The molecule has 0 saturated carbocycles. The molecule has 3 atom stereocenters. The molecule has 4 rings (SSSR count). The minimum Gasteiger partial charge on any atom is -0.483 e. The topological polar surface area (TPSA) is 67.8 Å². The molecule has 24 heavy (non-hydrogen) atoms. The Labute approximate surface area is 148 Å². The summed E-state index contributed by atoms with van der Waals surface area (Å²) in [5.74, 6) is 0.473. The van der Waals surface area contributed by atoms with E-state index in [-0.39, 0.29) is 5.92 Å². The molecule has 0 saturated heterocycles. The summed E-state index contributed by atoms with van der Waals surface area (Å²) in [6.45, 7) is 1.99. The highest BCUT2D eigenvalue weighted by molar-refractivity contribution is 6.35. The van der Waals surface area contributed by atoms with Gasteiger partial charge in [0.15, 0.2) is 6.10 Å². The fourth-order valence-electron chi connectivity index (χ4n) is 3.43. The zero-order valence-electron chi connectivity index (χ0n) is 12.5. The Kier molecular flexibility index (Phi) is 3.51. The molecule has 2 aromatic carbocycles. The summed E-state index contributed by atoms with van der Waals surface area (Å²) >= 11 is 12.5. The number of hydrogen-bond donors (Lipinski definition) is 2. The van der Waals surface area contributed by atoms with Gasteiger partial charge in [-0.25, -0.2) is 4.79 Å². The Hall–Kier alpha value is -2.11. The lowest BCUT2D eigenvalue weighted by Gasteiger charge is -2.35. The summed E-state index contributed by atoms with van der Waals surface area (Å²) in [5, 5.41) is 13.0. The smallest absolute Gasteiger partial charge is 0.483 e. The van der Waals surface area contributed by atoms with Crippen molar-refractivity contribution < 1.29 is 19.4 Å². The van der Waals surface area contributed by atoms with Crippen LogP contribution in [0.25, 0.3) is 0 Å². The third kappa shape index (κ3) is 2.36. The van der Waals surface area contributed by atoms with Gasteiger partial charge in [-0.3, -0.25) is 0 Å². The third-order valence-corrected chi connectivity index (χ3v) is 4.85. The summed E-state index contributed by atoms with van der Waals surface area (Å²) in [4.78, 5) is 11.1. The van der Waals surface area contributed by atoms with Crippen LogP contribution in [0.4, 0.5) is 10.5 Å². The van der Waals surface area contributed by atoms with Crippen LogP contribution in [-0.2, 0) is 4.74 Å². The van der Waals surface area contributed by atoms with Crippen molar-refractivity contribution in [2.24, 2.45) is 0 Å². The minimum absolute atomic E-state index is 0.231. The van der Waals surface area contributed by atoms with Gasteiger partial charge in [0.1, 0.15) is 5.75 Å². The predicted octanol–water partition coefficient (Wildman–Crippen LogP) is 4.64. The number of hydrogen-bond acceptors (Lipinski definition) is 4. The van der Waals surface area contributed by atoms with Crippen LogP contribution in [0.15, 0.2) is 30.3 Å². The van der Waals surface area contributed by atoms with Crippen molar-refractivity contribution in [1.29, 1.82) is 0 Å². The van der Waals surface area contributed by atoms with Crippen molar-refractivity contribution in [3.63, 3.8) is 0 Å². The fraction of sp³-hybridized carbons (Fsp3) is 0.235. The van der Waals surface area contributed by atoms with Crippen LogP contribution in [0.2, 0.25) is 10.0 Å². The first kappa shape index (κ1) is 15.4. The second kappa shape index (κ2) is 5.46. The van der Waals surface area contributed by atoms with Crippen molar-refractivity contribution in [2.75, 3.05) is 5.32 Å². The van der Waals surface area contributed by atoms with Crippen LogP contribution in [-0.4, -0.2) is 23.6 Å². The lowest BCUT2D eigenvalue weighted by molar-refractivity contribution is 0.00574. The molecule has 3 unspecified atom stereocenters. The molecule has 124 valence electrons. The van der Waals surface area contributed by atoms with Gasteiger partial charge in [0.2, 0.25) is 6.23 Å². The van der Waals surface area contributed by atoms with Crippen molar-refractivity contribution in [2.45, 2.75) is 25.2 Å². The molecule has 0 aliphatic carbocycles. The Morgan fingerprint density at radius 1 is 1.29 bits per heavy atom. The molecule has 2 aromatic rings. The van der Waals surface area contributed by atoms with Crippen LogP contribution >= 0.6 is 23.2 Å². The van der Waals surface area contributed by atoms with Crippen molar-refractivity contribution in [3.8, 4) is 5.75 Å². The summed E-state index contributed by atoms with van der Waals surface area (Å²) in [7, 11) is 0. The molecule has 2 aliphatic rings.